The number of piperidine rings is 1. The lowest BCUT2D eigenvalue weighted by molar-refractivity contribution is 0.0206. The van der Waals surface area contributed by atoms with Crippen molar-refractivity contribution in [2.75, 3.05) is 13.1 Å². The highest BCUT2D eigenvalue weighted by atomic mass is 16.6. The molecule has 5 rings (SSSR count). The van der Waals surface area contributed by atoms with Crippen molar-refractivity contribution in [1.29, 1.82) is 0 Å². The van der Waals surface area contributed by atoms with Gasteiger partial charge >= 0.3 is 6.09 Å². The molecular formula is C26H28N2O3. The van der Waals surface area contributed by atoms with Gasteiger partial charge in [-0.15, -0.1) is 0 Å². The number of fused-ring (bicyclic) bond motifs is 3. The molecule has 0 aliphatic carbocycles. The first-order valence-corrected chi connectivity index (χ1v) is 11.1. The number of likely N-dealkylation sites (tertiary alicyclic amines) is 1. The molecule has 31 heavy (non-hydrogen) atoms. The minimum absolute atomic E-state index is 0.265. The Kier molecular flexibility index (Phi) is 5.05. The number of carbonyl (C=O) groups is 1. The molecule has 0 radical (unpaired) electrons. The van der Waals surface area contributed by atoms with Crippen molar-refractivity contribution >= 4 is 17.9 Å². The molecule has 1 atom stereocenters. The van der Waals surface area contributed by atoms with Crippen LogP contribution in [0, 0.1) is 11.8 Å². The number of hydrogen-bond acceptors (Lipinski definition) is 4. The second-order valence-electron chi connectivity index (χ2n) is 8.93. The molecule has 0 bridgehead atoms. The number of allylic oxidation sites excluding steroid dienone is 1. The Morgan fingerprint density at radius 1 is 1.13 bits per heavy atom. The van der Waals surface area contributed by atoms with Gasteiger partial charge in [0.05, 0.1) is 5.70 Å². The highest BCUT2D eigenvalue weighted by molar-refractivity contribution is 5.93. The van der Waals surface area contributed by atoms with Crippen LogP contribution in [0.2, 0.25) is 0 Å². The summed E-state index contributed by atoms with van der Waals surface area (Å²) < 4.78 is 12.1. The normalized spacial score (nSPS) is 21.1. The first-order chi connectivity index (χ1) is 15.1. The van der Waals surface area contributed by atoms with E-state index < -0.39 is 5.60 Å². The first kappa shape index (κ1) is 19.9. The van der Waals surface area contributed by atoms with Crippen LogP contribution < -0.4 is 4.74 Å². The Bertz CT molecular complexity index is 1030. The fourth-order valence-electron chi connectivity index (χ4n) is 4.87. The van der Waals surface area contributed by atoms with Crippen molar-refractivity contribution in [1.82, 2.24) is 4.90 Å². The van der Waals surface area contributed by atoms with Gasteiger partial charge in [-0.2, -0.15) is 0 Å². The molecular weight excluding hydrogens is 388 g/mol. The smallest absolute Gasteiger partial charge is 0.410 e. The molecule has 1 fully saturated rings. The predicted molar refractivity (Wildman–Crippen MR) is 121 cm³/mol. The standard InChI is InChI=1S/C26H28N2O3/c1-18(2)21-16-27-24-23(21)20-10-6-7-11-22(20)31-26(24)12-14-28(15-13-26)25(29)30-17-19-8-4-3-5-9-19/h3-11,16,18,21H,12-15,17H2,1-2H3. The topological polar surface area (TPSA) is 51.1 Å². The van der Waals surface area contributed by atoms with Crippen LogP contribution in [0.25, 0.3) is 5.57 Å². The van der Waals surface area contributed by atoms with Gasteiger partial charge in [0.1, 0.15) is 12.4 Å². The molecule has 2 aromatic rings. The van der Waals surface area contributed by atoms with Crippen molar-refractivity contribution in [2.24, 2.45) is 16.8 Å². The Labute approximate surface area is 183 Å². The average Bonchev–Trinajstić information content (AvgIpc) is 3.26. The summed E-state index contributed by atoms with van der Waals surface area (Å²) in [6, 6.07) is 18.0. The van der Waals surface area contributed by atoms with Gasteiger partial charge in [-0.05, 0) is 23.1 Å². The second-order valence-corrected chi connectivity index (χ2v) is 8.93. The van der Waals surface area contributed by atoms with Crippen LogP contribution in [0.15, 0.2) is 65.3 Å². The molecule has 3 aliphatic rings. The zero-order valence-corrected chi connectivity index (χ0v) is 18.1. The van der Waals surface area contributed by atoms with Crippen LogP contribution >= 0.6 is 0 Å². The van der Waals surface area contributed by atoms with Gasteiger partial charge in [0, 0.05) is 43.6 Å². The van der Waals surface area contributed by atoms with Gasteiger partial charge in [-0.1, -0.05) is 62.4 Å². The summed E-state index contributed by atoms with van der Waals surface area (Å²) in [7, 11) is 0. The molecule has 3 heterocycles. The summed E-state index contributed by atoms with van der Waals surface area (Å²) in [6.07, 6.45) is 3.24. The third-order valence-electron chi connectivity index (χ3n) is 6.62. The molecule has 160 valence electrons. The number of para-hydroxylation sites is 1. The van der Waals surface area contributed by atoms with Gasteiger partial charge in [-0.3, -0.25) is 4.99 Å². The number of amides is 1. The quantitative estimate of drug-likeness (QED) is 0.681. The Morgan fingerprint density at radius 3 is 2.58 bits per heavy atom. The van der Waals surface area contributed by atoms with Crippen LogP contribution in [0.3, 0.4) is 0 Å². The van der Waals surface area contributed by atoms with Crippen LogP contribution in [0.4, 0.5) is 4.79 Å². The van der Waals surface area contributed by atoms with Crippen molar-refractivity contribution in [3.63, 3.8) is 0 Å². The van der Waals surface area contributed by atoms with Crippen molar-refractivity contribution < 1.29 is 14.3 Å². The molecule has 1 spiro atoms. The van der Waals surface area contributed by atoms with Crippen molar-refractivity contribution in [3.8, 4) is 5.75 Å². The number of nitrogens with zero attached hydrogens (tertiary/aromatic N) is 2. The zero-order valence-electron chi connectivity index (χ0n) is 18.1. The summed E-state index contributed by atoms with van der Waals surface area (Å²) in [4.78, 5) is 19.3. The maximum absolute atomic E-state index is 12.6. The van der Waals surface area contributed by atoms with Gasteiger partial charge < -0.3 is 14.4 Å². The van der Waals surface area contributed by atoms with E-state index in [4.69, 9.17) is 14.5 Å². The van der Waals surface area contributed by atoms with Crippen LogP contribution in [0.1, 0.15) is 37.8 Å². The Morgan fingerprint density at radius 2 is 1.84 bits per heavy atom. The lowest BCUT2D eigenvalue weighted by Crippen LogP contribution is -2.51. The maximum Gasteiger partial charge on any atom is 0.410 e. The van der Waals surface area contributed by atoms with E-state index >= 15 is 0 Å². The van der Waals surface area contributed by atoms with Gasteiger partial charge in [0.25, 0.3) is 0 Å². The summed E-state index contributed by atoms with van der Waals surface area (Å²) in [6.45, 7) is 5.95. The largest absolute Gasteiger partial charge is 0.480 e. The molecule has 0 aromatic heterocycles. The lowest BCUT2D eigenvalue weighted by Gasteiger charge is -2.44. The maximum atomic E-state index is 12.6. The number of rotatable bonds is 3. The van der Waals surface area contributed by atoms with Crippen molar-refractivity contribution in [2.45, 2.75) is 38.9 Å². The SMILES string of the molecule is CC(C)C1C=NC2=C1c1ccccc1OC21CCN(C(=O)OCc2ccccc2)CC1. The monoisotopic (exact) mass is 416 g/mol. The minimum atomic E-state index is -0.472. The summed E-state index contributed by atoms with van der Waals surface area (Å²) in [5.74, 6) is 1.69. The molecule has 1 amide bonds. The van der Waals surface area contributed by atoms with Gasteiger partial charge in [0.2, 0.25) is 0 Å². The van der Waals surface area contributed by atoms with Gasteiger partial charge in [-0.25, -0.2) is 4.79 Å². The molecule has 5 nitrogen and oxygen atoms in total. The molecule has 2 aromatic carbocycles. The fraction of sp³-hybridized carbons (Fsp3) is 0.385. The van der Waals surface area contributed by atoms with E-state index in [0.717, 1.165) is 22.6 Å². The Balaban J connectivity index is 1.34. The Hall–Kier alpha value is -3.08. The average molecular weight is 417 g/mol. The fourth-order valence-corrected chi connectivity index (χ4v) is 4.87. The lowest BCUT2D eigenvalue weighted by atomic mass is 9.77. The number of carbonyl (C=O) groups excluding carboxylic acids is 1. The first-order valence-electron chi connectivity index (χ1n) is 11.1. The number of hydrogen-bond donors (Lipinski definition) is 0. The third-order valence-corrected chi connectivity index (χ3v) is 6.62. The van der Waals surface area contributed by atoms with Gasteiger partial charge in [0.15, 0.2) is 5.60 Å². The molecule has 3 aliphatic heterocycles. The molecule has 5 heteroatoms. The molecule has 0 N–H and O–H groups in total. The summed E-state index contributed by atoms with van der Waals surface area (Å²) in [5.41, 5.74) is 4.04. The third kappa shape index (κ3) is 3.52. The van der Waals surface area contributed by atoms with E-state index in [9.17, 15) is 4.79 Å². The summed E-state index contributed by atoms with van der Waals surface area (Å²) >= 11 is 0. The van der Waals surface area contributed by atoms with Crippen LogP contribution in [0.5, 0.6) is 5.75 Å². The van der Waals surface area contributed by atoms with E-state index in [-0.39, 0.29) is 6.09 Å². The molecule has 1 unspecified atom stereocenters. The number of benzene rings is 2. The minimum Gasteiger partial charge on any atom is -0.480 e. The van der Waals surface area contributed by atoms with Crippen LogP contribution in [-0.2, 0) is 11.3 Å². The number of aliphatic imine (C=N–C) groups is 1. The van der Waals surface area contributed by atoms with E-state index in [1.54, 1.807) is 4.90 Å². The predicted octanol–water partition coefficient (Wildman–Crippen LogP) is 5.32. The number of ether oxygens (including phenoxy) is 2. The van der Waals surface area contributed by atoms with Crippen LogP contribution in [-0.4, -0.2) is 35.9 Å². The van der Waals surface area contributed by atoms with E-state index in [1.165, 1.54) is 5.57 Å². The summed E-state index contributed by atoms with van der Waals surface area (Å²) in [5, 5.41) is 0. The highest BCUT2D eigenvalue weighted by Crippen LogP contribution is 2.51. The highest BCUT2D eigenvalue weighted by Gasteiger charge is 2.49. The van der Waals surface area contributed by atoms with E-state index in [1.807, 2.05) is 36.4 Å². The van der Waals surface area contributed by atoms with E-state index in [0.29, 0.717) is 44.4 Å². The van der Waals surface area contributed by atoms with E-state index in [2.05, 4.69) is 38.3 Å². The second kappa shape index (κ2) is 7.88. The zero-order chi connectivity index (χ0) is 21.4. The van der Waals surface area contributed by atoms with Crippen molar-refractivity contribution in [3.05, 3.63) is 71.4 Å². The molecule has 0 saturated carbocycles. The molecule has 1 saturated heterocycles.